The summed E-state index contributed by atoms with van der Waals surface area (Å²) in [6.07, 6.45) is -0.647. The third kappa shape index (κ3) is 5.72. The third-order valence-electron chi connectivity index (χ3n) is 3.51. The van der Waals surface area contributed by atoms with Crippen LogP contribution in [0, 0.1) is 0 Å². The maximum atomic E-state index is 11.3. The quantitative estimate of drug-likeness (QED) is 0.511. The average molecular weight is 342 g/mol. The number of Topliss-reactive ketones (excluding diaryl/α,β-unsaturated/α-hetero) is 2. The SMILES string of the molecule is CCOCC(Oc1ccc(C(C)=O)cc1)Oc1ccc(C(C)=O)cc1. The summed E-state index contributed by atoms with van der Waals surface area (Å²) in [7, 11) is 0. The van der Waals surface area contributed by atoms with Gasteiger partial charge in [0.2, 0.25) is 0 Å². The van der Waals surface area contributed by atoms with Crippen molar-refractivity contribution in [3.8, 4) is 11.5 Å². The van der Waals surface area contributed by atoms with E-state index in [1.54, 1.807) is 48.5 Å². The highest BCUT2D eigenvalue weighted by molar-refractivity contribution is 5.94. The Kier molecular flexibility index (Phi) is 6.71. The van der Waals surface area contributed by atoms with Crippen molar-refractivity contribution < 1.29 is 23.8 Å². The van der Waals surface area contributed by atoms with Crippen LogP contribution < -0.4 is 9.47 Å². The molecule has 25 heavy (non-hydrogen) atoms. The molecule has 0 aliphatic carbocycles. The van der Waals surface area contributed by atoms with Crippen LogP contribution >= 0.6 is 0 Å². The van der Waals surface area contributed by atoms with Crippen LogP contribution in [0.1, 0.15) is 41.5 Å². The predicted molar refractivity (Wildman–Crippen MR) is 94.4 cm³/mol. The summed E-state index contributed by atoms with van der Waals surface area (Å²) in [5.74, 6) is 1.16. The molecule has 132 valence electrons. The molecule has 2 rings (SSSR count). The van der Waals surface area contributed by atoms with Crippen LogP contribution in [-0.4, -0.2) is 31.1 Å². The Morgan fingerprint density at radius 2 is 1.20 bits per heavy atom. The summed E-state index contributed by atoms with van der Waals surface area (Å²) in [4.78, 5) is 22.7. The number of ketones is 2. The number of ether oxygens (including phenoxy) is 3. The second-order valence-electron chi connectivity index (χ2n) is 5.49. The fourth-order valence-corrected chi connectivity index (χ4v) is 2.15. The Bertz CT molecular complexity index is 644. The van der Waals surface area contributed by atoms with Gasteiger partial charge in [0.1, 0.15) is 18.1 Å². The van der Waals surface area contributed by atoms with Crippen molar-refractivity contribution in [1.29, 1.82) is 0 Å². The van der Waals surface area contributed by atoms with E-state index in [9.17, 15) is 9.59 Å². The second kappa shape index (κ2) is 8.99. The van der Waals surface area contributed by atoms with Crippen molar-refractivity contribution in [3.05, 3.63) is 59.7 Å². The smallest absolute Gasteiger partial charge is 0.264 e. The Morgan fingerprint density at radius 1 is 0.800 bits per heavy atom. The fraction of sp³-hybridized carbons (Fsp3) is 0.300. The van der Waals surface area contributed by atoms with Crippen LogP contribution in [0.3, 0.4) is 0 Å². The Hall–Kier alpha value is -2.66. The highest BCUT2D eigenvalue weighted by atomic mass is 16.7. The number of hydrogen-bond donors (Lipinski definition) is 0. The van der Waals surface area contributed by atoms with Gasteiger partial charge in [0.15, 0.2) is 11.6 Å². The number of benzene rings is 2. The lowest BCUT2D eigenvalue weighted by Gasteiger charge is -2.20. The minimum absolute atomic E-state index is 0.000715. The first-order valence-corrected chi connectivity index (χ1v) is 8.12. The van der Waals surface area contributed by atoms with Gasteiger partial charge < -0.3 is 14.2 Å². The minimum atomic E-state index is -0.647. The number of rotatable bonds is 9. The summed E-state index contributed by atoms with van der Waals surface area (Å²) < 4.78 is 17.0. The lowest BCUT2D eigenvalue weighted by Crippen LogP contribution is -2.29. The molecule has 0 aromatic heterocycles. The molecule has 2 aromatic carbocycles. The van der Waals surface area contributed by atoms with Gasteiger partial charge in [-0.25, -0.2) is 0 Å². The molecule has 0 atom stereocenters. The highest BCUT2D eigenvalue weighted by Crippen LogP contribution is 2.18. The first-order valence-electron chi connectivity index (χ1n) is 8.12. The third-order valence-corrected chi connectivity index (χ3v) is 3.51. The van der Waals surface area contributed by atoms with Gasteiger partial charge in [-0.05, 0) is 69.3 Å². The molecule has 0 fully saturated rings. The van der Waals surface area contributed by atoms with Crippen LogP contribution in [0.15, 0.2) is 48.5 Å². The molecule has 0 bridgehead atoms. The molecule has 0 unspecified atom stereocenters. The van der Waals surface area contributed by atoms with Gasteiger partial charge >= 0.3 is 0 Å². The topological polar surface area (TPSA) is 61.8 Å². The van der Waals surface area contributed by atoms with Crippen LogP contribution in [-0.2, 0) is 4.74 Å². The van der Waals surface area contributed by atoms with Crippen molar-refractivity contribution >= 4 is 11.6 Å². The Balaban J connectivity index is 2.06. The van der Waals surface area contributed by atoms with E-state index in [1.165, 1.54) is 13.8 Å². The van der Waals surface area contributed by atoms with E-state index in [0.717, 1.165) is 0 Å². The molecule has 0 saturated heterocycles. The van der Waals surface area contributed by atoms with E-state index < -0.39 is 6.29 Å². The van der Waals surface area contributed by atoms with Crippen molar-refractivity contribution in [2.75, 3.05) is 13.2 Å². The summed E-state index contributed by atoms with van der Waals surface area (Å²) in [6, 6.07) is 13.7. The van der Waals surface area contributed by atoms with Crippen molar-refractivity contribution in [2.24, 2.45) is 0 Å². The molecule has 0 aliphatic heterocycles. The second-order valence-corrected chi connectivity index (χ2v) is 5.49. The van der Waals surface area contributed by atoms with Gasteiger partial charge in [-0.3, -0.25) is 9.59 Å². The van der Waals surface area contributed by atoms with E-state index >= 15 is 0 Å². The van der Waals surface area contributed by atoms with Crippen molar-refractivity contribution in [2.45, 2.75) is 27.1 Å². The summed E-state index contributed by atoms with van der Waals surface area (Å²) in [5, 5.41) is 0. The molecule has 0 spiro atoms. The fourth-order valence-electron chi connectivity index (χ4n) is 2.15. The van der Waals surface area contributed by atoms with E-state index in [4.69, 9.17) is 14.2 Å². The maximum absolute atomic E-state index is 11.3. The zero-order valence-electron chi connectivity index (χ0n) is 14.7. The highest BCUT2D eigenvalue weighted by Gasteiger charge is 2.13. The summed E-state index contributed by atoms with van der Waals surface area (Å²) >= 11 is 0. The van der Waals surface area contributed by atoms with E-state index in [2.05, 4.69) is 0 Å². The van der Waals surface area contributed by atoms with Crippen LogP contribution in [0.25, 0.3) is 0 Å². The van der Waals surface area contributed by atoms with Gasteiger partial charge in [-0.2, -0.15) is 0 Å². The summed E-state index contributed by atoms with van der Waals surface area (Å²) in [6.45, 7) is 5.71. The first kappa shape index (κ1) is 18.7. The van der Waals surface area contributed by atoms with E-state index in [1.807, 2.05) is 6.92 Å². The largest absolute Gasteiger partial charge is 0.452 e. The molecule has 0 saturated carbocycles. The molecular weight excluding hydrogens is 320 g/mol. The minimum Gasteiger partial charge on any atom is -0.452 e. The van der Waals surface area contributed by atoms with Gasteiger partial charge in [0.25, 0.3) is 6.29 Å². The number of carbonyl (C=O) groups is 2. The molecule has 5 nitrogen and oxygen atoms in total. The monoisotopic (exact) mass is 342 g/mol. The van der Waals surface area contributed by atoms with Crippen molar-refractivity contribution in [1.82, 2.24) is 0 Å². The standard InChI is InChI=1S/C20H22O5/c1-4-23-13-20(24-18-9-5-16(6-10-18)14(2)21)25-19-11-7-17(8-12-19)15(3)22/h5-12,20H,4,13H2,1-3H3. The summed E-state index contributed by atoms with van der Waals surface area (Å²) in [5.41, 5.74) is 1.24. The number of carbonyl (C=O) groups excluding carboxylic acids is 2. The number of hydrogen-bond acceptors (Lipinski definition) is 5. The van der Waals surface area contributed by atoms with Crippen LogP contribution in [0.4, 0.5) is 0 Å². The van der Waals surface area contributed by atoms with Gasteiger partial charge in [-0.15, -0.1) is 0 Å². The van der Waals surface area contributed by atoms with Gasteiger partial charge in [-0.1, -0.05) is 0 Å². The molecule has 0 radical (unpaired) electrons. The predicted octanol–water partition coefficient (Wildman–Crippen LogP) is 3.91. The van der Waals surface area contributed by atoms with E-state index in [0.29, 0.717) is 29.2 Å². The zero-order valence-corrected chi connectivity index (χ0v) is 14.7. The van der Waals surface area contributed by atoms with E-state index in [-0.39, 0.29) is 18.2 Å². The Labute approximate surface area is 147 Å². The zero-order chi connectivity index (χ0) is 18.2. The molecule has 2 aromatic rings. The Morgan fingerprint density at radius 3 is 1.52 bits per heavy atom. The molecule has 5 heteroatoms. The maximum Gasteiger partial charge on any atom is 0.264 e. The molecule has 0 heterocycles. The first-order chi connectivity index (χ1) is 12.0. The van der Waals surface area contributed by atoms with Gasteiger partial charge in [0.05, 0.1) is 0 Å². The average Bonchev–Trinajstić information content (AvgIpc) is 2.60. The van der Waals surface area contributed by atoms with Crippen LogP contribution in [0.2, 0.25) is 0 Å². The van der Waals surface area contributed by atoms with Crippen LogP contribution in [0.5, 0.6) is 11.5 Å². The molecular formula is C20H22O5. The van der Waals surface area contributed by atoms with Gasteiger partial charge in [0, 0.05) is 17.7 Å². The lowest BCUT2D eigenvalue weighted by molar-refractivity contribution is -0.0575. The molecule has 0 N–H and O–H groups in total. The van der Waals surface area contributed by atoms with Crippen molar-refractivity contribution in [3.63, 3.8) is 0 Å². The normalized spacial score (nSPS) is 10.6. The molecule has 0 aliphatic rings. The molecule has 0 amide bonds. The lowest BCUT2D eigenvalue weighted by atomic mass is 10.1.